The molecule has 2 aromatic rings. The highest BCUT2D eigenvalue weighted by molar-refractivity contribution is 6.46. The van der Waals surface area contributed by atoms with Crippen molar-refractivity contribution in [3.05, 3.63) is 70.8 Å². The van der Waals surface area contributed by atoms with Crippen LogP contribution in [0.5, 0.6) is 5.75 Å². The normalized spacial score (nSPS) is 18.6. The zero-order valence-corrected chi connectivity index (χ0v) is 16.2. The van der Waals surface area contributed by atoms with E-state index in [1.54, 1.807) is 24.3 Å². The first-order valence-corrected chi connectivity index (χ1v) is 9.58. The van der Waals surface area contributed by atoms with Gasteiger partial charge in [0.05, 0.1) is 11.6 Å². The van der Waals surface area contributed by atoms with Gasteiger partial charge in [-0.25, -0.2) is 0 Å². The molecule has 146 valence electrons. The van der Waals surface area contributed by atoms with Crippen molar-refractivity contribution < 1.29 is 19.8 Å². The lowest BCUT2D eigenvalue weighted by molar-refractivity contribution is -0.139. The van der Waals surface area contributed by atoms with Crippen molar-refractivity contribution in [2.24, 2.45) is 0 Å². The zero-order chi connectivity index (χ0) is 20.3. The van der Waals surface area contributed by atoms with E-state index in [2.05, 4.69) is 6.92 Å². The number of phenols is 1. The van der Waals surface area contributed by atoms with E-state index in [-0.39, 0.29) is 17.1 Å². The number of Topliss-reactive ketones (excluding diaryl/α,β-unsaturated/α-hetero) is 1. The van der Waals surface area contributed by atoms with Gasteiger partial charge in [-0.3, -0.25) is 9.59 Å². The molecule has 2 N–H and O–H groups in total. The first-order chi connectivity index (χ1) is 13.4. The predicted molar refractivity (Wildman–Crippen MR) is 108 cm³/mol. The number of unbranched alkanes of at least 4 members (excludes halogenated alkanes) is 2. The van der Waals surface area contributed by atoms with Gasteiger partial charge in [-0.2, -0.15) is 0 Å². The third kappa shape index (κ3) is 3.79. The van der Waals surface area contributed by atoms with Gasteiger partial charge in [-0.15, -0.1) is 0 Å². The van der Waals surface area contributed by atoms with Crippen LogP contribution in [0.1, 0.15) is 48.9 Å². The van der Waals surface area contributed by atoms with E-state index in [0.29, 0.717) is 17.7 Å². The van der Waals surface area contributed by atoms with Crippen LogP contribution in [-0.2, 0) is 9.59 Å². The van der Waals surface area contributed by atoms with Crippen LogP contribution in [0.3, 0.4) is 0 Å². The van der Waals surface area contributed by atoms with Crippen LogP contribution >= 0.6 is 0 Å². The van der Waals surface area contributed by atoms with E-state index >= 15 is 0 Å². The summed E-state index contributed by atoms with van der Waals surface area (Å²) in [6.07, 6.45) is 2.73. The Labute approximate surface area is 164 Å². The Balaban J connectivity index is 2.10. The first kappa shape index (κ1) is 19.7. The largest absolute Gasteiger partial charge is 0.508 e. The average molecular weight is 379 g/mol. The van der Waals surface area contributed by atoms with Gasteiger partial charge in [0.1, 0.15) is 11.5 Å². The summed E-state index contributed by atoms with van der Waals surface area (Å²) >= 11 is 0. The summed E-state index contributed by atoms with van der Waals surface area (Å²) in [4.78, 5) is 27.1. The summed E-state index contributed by atoms with van der Waals surface area (Å²) in [7, 11) is 0. The number of amides is 1. The lowest BCUT2D eigenvalue weighted by Gasteiger charge is -2.25. The van der Waals surface area contributed by atoms with Crippen molar-refractivity contribution >= 4 is 17.4 Å². The molecule has 0 aliphatic carbocycles. The topological polar surface area (TPSA) is 77.8 Å². The number of nitrogens with zero attached hydrogens (tertiary/aromatic N) is 1. The number of aliphatic hydroxyl groups is 1. The lowest BCUT2D eigenvalue weighted by atomic mass is 9.95. The Bertz CT molecular complexity index is 897. The first-order valence-electron chi connectivity index (χ1n) is 9.58. The molecule has 0 radical (unpaired) electrons. The third-order valence-electron chi connectivity index (χ3n) is 5.08. The lowest BCUT2D eigenvalue weighted by Crippen LogP contribution is -2.30. The molecule has 1 aliphatic rings. The average Bonchev–Trinajstić information content (AvgIpc) is 2.94. The number of carbonyl (C=O) groups excluding carboxylic acids is 2. The van der Waals surface area contributed by atoms with Gasteiger partial charge in [-0.05, 0) is 31.0 Å². The monoisotopic (exact) mass is 379 g/mol. The smallest absolute Gasteiger partial charge is 0.295 e. The zero-order valence-electron chi connectivity index (χ0n) is 16.2. The van der Waals surface area contributed by atoms with E-state index in [9.17, 15) is 19.8 Å². The maximum absolute atomic E-state index is 12.8. The van der Waals surface area contributed by atoms with Crippen LogP contribution in [0.15, 0.2) is 54.1 Å². The molecular weight excluding hydrogens is 354 g/mol. The summed E-state index contributed by atoms with van der Waals surface area (Å²) in [5.41, 5.74) is 2.31. The fourth-order valence-electron chi connectivity index (χ4n) is 3.51. The highest BCUT2D eigenvalue weighted by Gasteiger charge is 2.45. The SMILES string of the molecule is CCCCCN1C(=O)C(=O)/C(=C(\O)c2ccc(C)cc2)C1c1ccc(O)cc1. The van der Waals surface area contributed by atoms with Crippen molar-refractivity contribution in [3.63, 3.8) is 0 Å². The third-order valence-corrected chi connectivity index (χ3v) is 5.08. The van der Waals surface area contributed by atoms with E-state index < -0.39 is 17.7 Å². The second-order valence-electron chi connectivity index (χ2n) is 7.16. The second kappa shape index (κ2) is 8.30. The summed E-state index contributed by atoms with van der Waals surface area (Å²) in [5, 5.41) is 20.5. The number of aliphatic hydroxyl groups excluding tert-OH is 1. The van der Waals surface area contributed by atoms with Crippen LogP contribution in [0, 0.1) is 6.92 Å². The van der Waals surface area contributed by atoms with Gasteiger partial charge in [0.2, 0.25) is 0 Å². The van der Waals surface area contributed by atoms with Crippen LogP contribution in [0.25, 0.3) is 5.76 Å². The fourth-order valence-corrected chi connectivity index (χ4v) is 3.51. The van der Waals surface area contributed by atoms with Crippen LogP contribution in [0.2, 0.25) is 0 Å². The van der Waals surface area contributed by atoms with E-state index in [0.717, 1.165) is 24.8 Å². The Morgan fingerprint density at radius 1 is 1.00 bits per heavy atom. The Hall–Kier alpha value is -3.08. The number of ketones is 1. The minimum atomic E-state index is -0.673. The molecule has 0 bridgehead atoms. The highest BCUT2D eigenvalue weighted by atomic mass is 16.3. The predicted octanol–water partition coefficient (Wildman–Crippen LogP) is 4.31. The molecule has 1 heterocycles. The summed E-state index contributed by atoms with van der Waals surface area (Å²) in [6.45, 7) is 4.45. The second-order valence-corrected chi connectivity index (χ2v) is 7.16. The molecule has 5 nitrogen and oxygen atoms in total. The highest BCUT2D eigenvalue weighted by Crippen LogP contribution is 2.39. The number of hydrogen-bond acceptors (Lipinski definition) is 4. The van der Waals surface area contributed by atoms with Crippen molar-refractivity contribution in [2.45, 2.75) is 39.2 Å². The van der Waals surface area contributed by atoms with Crippen LogP contribution in [-0.4, -0.2) is 33.3 Å². The molecule has 1 atom stereocenters. The van der Waals surface area contributed by atoms with Crippen molar-refractivity contribution in [1.29, 1.82) is 0 Å². The Morgan fingerprint density at radius 3 is 2.25 bits per heavy atom. The maximum Gasteiger partial charge on any atom is 0.295 e. The summed E-state index contributed by atoms with van der Waals surface area (Å²) < 4.78 is 0. The quantitative estimate of drug-likeness (QED) is 0.339. The number of aryl methyl sites for hydroxylation is 1. The van der Waals surface area contributed by atoms with Crippen LogP contribution < -0.4 is 0 Å². The molecule has 1 saturated heterocycles. The molecule has 1 fully saturated rings. The van der Waals surface area contributed by atoms with E-state index in [4.69, 9.17) is 0 Å². The van der Waals surface area contributed by atoms with Gasteiger partial charge in [0, 0.05) is 12.1 Å². The fraction of sp³-hybridized carbons (Fsp3) is 0.304. The molecule has 28 heavy (non-hydrogen) atoms. The van der Waals surface area contributed by atoms with E-state index in [1.165, 1.54) is 17.0 Å². The molecule has 1 aliphatic heterocycles. The van der Waals surface area contributed by atoms with Crippen LogP contribution in [0.4, 0.5) is 0 Å². The molecule has 3 rings (SSSR count). The molecule has 5 heteroatoms. The molecule has 2 aromatic carbocycles. The van der Waals surface area contributed by atoms with Gasteiger partial charge >= 0.3 is 0 Å². The van der Waals surface area contributed by atoms with Crippen molar-refractivity contribution in [3.8, 4) is 5.75 Å². The number of aromatic hydroxyl groups is 1. The summed E-state index contributed by atoms with van der Waals surface area (Å²) in [6, 6.07) is 12.9. The standard InChI is InChI=1S/C23H25NO4/c1-3-4-5-14-24-20(16-10-12-18(25)13-11-16)19(22(27)23(24)28)21(26)17-8-6-15(2)7-9-17/h6-13,20,25-26H,3-5,14H2,1-2H3/b21-19-. The van der Waals surface area contributed by atoms with Gasteiger partial charge in [0.25, 0.3) is 11.7 Å². The molecule has 1 amide bonds. The molecule has 0 aromatic heterocycles. The molecule has 0 spiro atoms. The van der Waals surface area contributed by atoms with Gasteiger partial charge in [0.15, 0.2) is 0 Å². The number of benzene rings is 2. The van der Waals surface area contributed by atoms with Gasteiger partial charge < -0.3 is 15.1 Å². The number of hydrogen-bond donors (Lipinski definition) is 2. The minimum Gasteiger partial charge on any atom is -0.508 e. The van der Waals surface area contributed by atoms with Crippen molar-refractivity contribution in [2.75, 3.05) is 6.54 Å². The minimum absolute atomic E-state index is 0.0936. The molecule has 0 saturated carbocycles. The Kier molecular flexibility index (Phi) is 5.83. The maximum atomic E-state index is 12.8. The molecular formula is C23H25NO4. The number of likely N-dealkylation sites (tertiary alicyclic amines) is 1. The van der Waals surface area contributed by atoms with E-state index in [1.807, 2.05) is 19.1 Å². The summed E-state index contributed by atoms with van der Waals surface area (Å²) in [5.74, 6) is -1.34. The van der Waals surface area contributed by atoms with Gasteiger partial charge in [-0.1, -0.05) is 61.7 Å². The van der Waals surface area contributed by atoms with Crippen molar-refractivity contribution in [1.82, 2.24) is 4.90 Å². The number of phenolic OH excluding ortho intramolecular Hbond substituents is 1. The number of rotatable bonds is 6. The Morgan fingerprint density at radius 2 is 1.64 bits per heavy atom. The number of carbonyl (C=O) groups is 2. The molecule has 1 unspecified atom stereocenters.